The highest BCUT2D eigenvalue weighted by Gasteiger charge is 2.43. The summed E-state index contributed by atoms with van der Waals surface area (Å²) in [7, 11) is 0.295. The summed E-state index contributed by atoms with van der Waals surface area (Å²) >= 11 is 0. The fourth-order valence-corrected chi connectivity index (χ4v) is 7.49. The van der Waals surface area contributed by atoms with Gasteiger partial charge in [-0.25, -0.2) is 0 Å². The van der Waals surface area contributed by atoms with Crippen LogP contribution in [-0.2, 0) is 26.6 Å². The van der Waals surface area contributed by atoms with Crippen LogP contribution in [0.25, 0.3) is 0 Å². The third-order valence-electron chi connectivity index (χ3n) is 4.00. The van der Waals surface area contributed by atoms with E-state index < -0.39 is 17.6 Å². The maximum Gasteiger partial charge on any atom is 0.503 e. The highest BCUT2D eigenvalue weighted by molar-refractivity contribution is 6.62. The van der Waals surface area contributed by atoms with Gasteiger partial charge in [0.25, 0.3) is 0 Å². The van der Waals surface area contributed by atoms with Crippen molar-refractivity contribution in [3.8, 4) is 0 Å². The number of hydrogen-bond acceptors (Lipinski definition) is 6. The van der Waals surface area contributed by atoms with Gasteiger partial charge in [-0.15, -0.1) is 0 Å². The molecule has 154 valence electrons. The third-order valence-corrected chi connectivity index (χ3v) is 10.5. The maximum atomic E-state index is 5.71. The van der Waals surface area contributed by atoms with Crippen molar-refractivity contribution in [2.75, 3.05) is 41.2 Å². The van der Waals surface area contributed by atoms with Crippen LogP contribution in [0.4, 0.5) is 0 Å². The van der Waals surface area contributed by atoms with Gasteiger partial charge in [0.2, 0.25) is 0 Å². The van der Waals surface area contributed by atoms with Gasteiger partial charge in [0.1, 0.15) is 0 Å². The van der Waals surface area contributed by atoms with E-state index >= 15 is 0 Å². The van der Waals surface area contributed by atoms with Gasteiger partial charge in [-0.3, -0.25) is 0 Å². The Morgan fingerprint density at radius 1 is 0.720 bits per heavy atom. The van der Waals surface area contributed by atoms with Crippen molar-refractivity contribution in [3.63, 3.8) is 0 Å². The summed E-state index contributed by atoms with van der Waals surface area (Å²) in [6, 6.07) is 0.943. The van der Waals surface area contributed by atoms with Crippen LogP contribution < -0.4 is 0 Å². The molecule has 0 aromatic rings. The second kappa shape index (κ2) is 16.4. The number of hydrogen-bond donors (Lipinski definition) is 0. The lowest BCUT2D eigenvalue weighted by Gasteiger charge is -2.29. The molecule has 0 heterocycles. The molecule has 0 bridgehead atoms. The van der Waals surface area contributed by atoms with Crippen molar-refractivity contribution >= 4 is 17.6 Å². The molecule has 6 nitrogen and oxygen atoms in total. The second-order valence-electron chi connectivity index (χ2n) is 5.61. The fourth-order valence-electron chi connectivity index (χ4n) is 2.50. The Labute approximate surface area is 158 Å². The Hall–Kier alpha value is 0.194. The molecule has 1 atom stereocenters. The topological polar surface area (TPSA) is 55.4 Å². The molecule has 8 heteroatoms. The zero-order chi connectivity index (χ0) is 19.8. The van der Waals surface area contributed by atoms with Crippen LogP contribution in [-0.4, -0.2) is 58.8 Å². The Bertz CT molecular complexity index is 265. The van der Waals surface area contributed by atoms with Gasteiger partial charge < -0.3 is 26.6 Å². The quantitative estimate of drug-likeness (QED) is 0.402. The molecule has 0 aromatic carbocycles. The molecule has 1 unspecified atom stereocenters. The van der Waals surface area contributed by atoms with Crippen molar-refractivity contribution in [2.45, 2.75) is 72.4 Å². The standard InChI is InChI=1S/C10H24O3Si.C7H18O3Si/c1-5-9-10-14(11-6-2,12-7-3)13-8-4;1-6-7(2)11(8-3,9-4)10-5/h5-10H2,1-4H3;7H,6H2,1-5H3. The number of unbranched alkanes of at least 4 members (excludes halogenated alkanes) is 1. The van der Waals surface area contributed by atoms with Crippen LogP contribution in [0.5, 0.6) is 0 Å². The summed E-state index contributed by atoms with van der Waals surface area (Å²) in [5, 5.41) is 0. The summed E-state index contributed by atoms with van der Waals surface area (Å²) in [6.07, 6.45) is 3.29. The predicted octanol–water partition coefficient (Wildman–Crippen LogP) is 4.50. The van der Waals surface area contributed by atoms with Gasteiger partial charge in [-0.2, -0.15) is 0 Å². The first-order chi connectivity index (χ1) is 11.9. The normalized spacial score (nSPS) is 13.3. The average Bonchev–Trinajstić information content (AvgIpc) is 2.63. The third kappa shape index (κ3) is 10.2. The highest BCUT2D eigenvalue weighted by atomic mass is 28.4. The van der Waals surface area contributed by atoms with E-state index in [-0.39, 0.29) is 0 Å². The van der Waals surface area contributed by atoms with Crippen molar-refractivity contribution < 1.29 is 26.6 Å². The van der Waals surface area contributed by atoms with Crippen LogP contribution in [0.15, 0.2) is 0 Å². The van der Waals surface area contributed by atoms with Crippen LogP contribution in [0.1, 0.15) is 60.8 Å². The molecule has 0 amide bonds. The molecule has 0 saturated heterocycles. The van der Waals surface area contributed by atoms with E-state index in [0.29, 0.717) is 25.4 Å². The van der Waals surface area contributed by atoms with Crippen LogP contribution >= 0.6 is 0 Å². The lowest BCUT2D eigenvalue weighted by Crippen LogP contribution is -2.46. The maximum absolute atomic E-state index is 5.71. The van der Waals surface area contributed by atoms with Gasteiger partial charge in [0, 0.05) is 52.7 Å². The smallest absolute Gasteiger partial charge is 0.377 e. The summed E-state index contributed by atoms with van der Waals surface area (Å²) in [5.41, 5.74) is 0.363. The van der Waals surface area contributed by atoms with E-state index in [0.717, 1.165) is 25.3 Å². The van der Waals surface area contributed by atoms with Crippen molar-refractivity contribution in [3.05, 3.63) is 0 Å². The van der Waals surface area contributed by atoms with Crippen LogP contribution in [0.3, 0.4) is 0 Å². The molecule has 0 fully saturated rings. The van der Waals surface area contributed by atoms with Gasteiger partial charge in [0.05, 0.1) is 0 Å². The van der Waals surface area contributed by atoms with Crippen molar-refractivity contribution in [1.29, 1.82) is 0 Å². The molecule has 0 aromatic heterocycles. The largest absolute Gasteiger partial charge is 0.503 e. The summed E-state index contributed by atoms with van der Waals surface area (Å²) < 4.78 is 33.0. The molecule has 0 aliphatic rings. The van der Waals surface area contributed by atoms with E-state index in [2.05, 4.69) is 20.8 Å². The molecule has 0 rings (SSSR count). The van der Waals surface area contributed by atoms with Crippen molar-refractivity contribution in [1.82, 2.24) is 0 Å². The predicted molar refractivity (Wildman–Crippen MR) is 107 cm³/mol. The Balaban J connectivity index is 0. The second-order valence-corrected chi connectivity index (χ2v) is 11.8. The molecule has 0 aliphatic heterocycles. The molecule has 25 heavy (non-hydrogen) atoms. The summed E-state index contributed by atoms with van der Waals surface area (Å²) in [5.74, 6) is 0. The molecule has 0 N–H and O–H groups in total. The molecular formula is C17H42O6Si2. The van der Waals surface area contributed by atoms with Gasteiger partial charge in [-0.1, -0.05) is 27.2 Å². The highest BCUT2D eigenvalue weighted by Crippen LogP contribution is 2.26. The molecule has 0 saturated carbocycles. The summed E-state index contributed by atoms with van der Waals surface area (Å²) in [6.45, 7) is 14.4. The van der Waals surface area contributed by atoms with Gasteiger partial charge >= 0.3 is 17.6 Å². The Morgan fingerprint density at radius 3 is 1.32 bits per heavy atom. The average molecular weight is 399 g/mol. The van der Waals surface area contributed by atoms with E-state index in [1.165, 1.54) is 0 Å². The fraction of sp³-hybridized carbons (Fsp3) is 1.00. The lowest BCUT2D eigenvalue weighted by molar-refractivity contribution is 0.0707. The SMILES string of the molecule is CCC(C)[Si](OC)(OC)OC.CCCC[Si](OCC)(OCC)OCC. The minimum Gasteiger partial charge on any atom is -0.377 e. The van der Waals surface area contributed by atoms with Crippen LogP contribution in [0.2, 0.25) is 11.6 Å². The van der Waals surface area contributed by atoms with Gasteiger partial charge in [0.15, 0.2) is 0 Å². The first-order valence-corrected chi connectivity index (χ1v) is 13.2. The first kappa shape index (κ1) is 27.4. The monoisotopic (exact) mass is 398 g/mol. The van der Waals surface area contributed by atoms with E-state index in [4.69, 9.17) is 26.6 Å². The van der Waals surface area contributed by atoms with E-state index in [9.17, 15) is 0 Å². The summed E-state index contributed by atoms with van der Waals surface area (Å²) in [4.78, 5) is 0. The molecule has 0 spiro atoms. The zero-order valence-electron chi connectivity index (χ0n) is 18.0. The van der Waals surface area contributed by atoms with Crippen molar-refractivity contribution in [2.24, 2.45) is 0 Å². The minimum atomic E-state index is -2.32. The lowest BCUT2D eigenvalue weighted by atomic mass is 10.4. The Kier molecular flexibility index (Phi) is 18.0. The van der Waals surface area contributed by atoms with E-state index in [1.807, 2.05) is 20.8 Å². The zero-order valence-corrected chi connectivity index (χ0v) is 20.0. The molecular weight excluding hydrogens is 356 g/mol. The van der Waals surface area contributed by atoms with Crippen LogP contribution in [0, 0.1) is 0 Å². The number of rotatable bonds is 14. The molecule has 0 radical (unpaired) electrons. The minimum absolute atomic E-state index is 0.363. The van der Waals surface area contributed by atoms with E-state index in [1.54, 1.807) is 21.3 Å². The Morgan fingerprint density at radius 2 is 1.12 bits per heavy atom. The first-order valence-electron chi connectivity index (χ1n) is 9.48. The van der Waals surface area contributed by atoms with Gasteiger partial charge in [-0.05, 0) is 33.6 Å². The molecule has 0 aliphatic carbocycles.